The summed E-state index contributed by atoms with van der Waals surface area (Å²) in [4.78, 5) is 9.28. The van der Waals surface area contributed by atoms with E-state index in [9.17, 15) is 0 Å². The Labute approximate surface area is 224 Å². The van der Waals surface area contributed by atoms with E-state index in [0.29, 0.717) is 0 Å². The molecule has 3 rings (SSSR count). The van der Waals surface area contributed by atoms with Gasteiger partial charge in [0.15, 0.2) is 0 Å². The zero-order chi connectivity index (χ0) is 25.9. The monoisotopic (exact) mass is 648 g/mol. The number of unbranched alkanes of at least 4 members (excludes halogenated alkanes) is 2. The number of benzene rings is 1. The standard InChI is InChI=1S/C20H29N4.2C4H9N.Ta/c1-3-5-10-21-12-14-23(17-21)19-8-7-9-20(16-19)24-15-13-22(18-24)11-6-4-2;2*1-4(2,3)5;/h7-9,12-15H,3-6,10-11,17-18H2,1-2H3;2*1-3H3;/q-1;;;. The van der Waals surface area contributed by atoms with Gasteiger partial charge in [-0.25, -0.2) is 0 Å². The van der Waals surface area contributed by atoms with Crippen LogP contribution < -0.4 is 9.80 Å². The normalized spacial score (nSPS) is 15.3. The quantitative estimate of drug-likeness (QED) is 0.279. The summed E-state index contributed by atoms with van der Waals surface area (Å²) in [6, 6.07) is 10.00. The van der Waals surface area contributed by atoms with Gasteiger partial charge < -0.3 is 19.6 Å². The number of hydrogen-bond acceptors (Lipinski definition) is 6. The number of anilines is 2. The maximum absolute atomic E-state index is 4.56. The minimum absolute atomic E-state index is 0.131. The van der Waals surface area contributed by atoms with Gasteiger partial charge in [-0.2, -0.15) is 6.07 Å². The molecule has 0 aliphatic carbocycles. The number of rotatable bonds is 8. The van der Waals surface area contributed by atoms with Gasteiger partial charge >= 0.3 is 78.7 Å². The molecule has 0 aromatic heterocycles. The van der Waals surface area contributed by atoms with E-state index in [1.54, 1.807) is 0 Å². The molecule has 0 amide bonds. The Balaban J connectivity index is 0.000000334. The molecule has 195 valence electrons. The van der Waals surface area contributed by atoms with Crippen LogP contribution in [0, 0.1) is 6.07 Å². The maximum Gasteiger partial charge on any atom is 0.0919 e. The summed E-state index contributed by atoms with van der Waals surface area (Å²) >= 11 is -0.897. The summed E-state index contributed by atoms with van der Waals surface area (Å²) in [6.45, 7) is 21.4. The summed E-state index contributed by atoms with van der Waals surface area (Å²) in [5.74, 6) is 0. The maximum atomic E-state index is 4.56. The van der Waals surface area contributed by atoms with Crippen molar-refractivity contribution in [1.29, 1.82) is 0 Å². The Bertz CT molecular complexity index is 824. The summed E-state index contributed by atoms with van der Waals surface area (Å²) in [5, 5.41) is 0. The minimum Gasteiger partial charge on any atom is -0.358 e. The summed E-state index contributed by atoms with van der Waals surface area (Å²) < 4.78 is 9.11. The Morgan fingerprint density at radius 3 is 1.54 bits per heavy atom. The first-order chi connectivity index (χ1) is 16.5. The topological polar surface area (TPSA) is 37.7 Å². The van der Waals surface area contributed by atoms with Crippen LogP contribution in [0.4, 0.5) is 11.4 Å². The van der Waals surface area contributed by atoms with Gasteiger partial charge in [0.1, 0.15) is 0 Å². The second-order valence-corrected chi connectivity index (χ2v) is 13.3. The van der Waals surface area contributed by atoms with Crippen LogP contribution >= 0.6 is 0 Å². The van der Waals surface area contributed by atoms with Crippen LogP contribution in [0.2, 0.25) is 0 Å². The van der Waals surface area contributed by atoms with Crippen molar-refractivity contribution in [1.82, 2.24) is 9.80 Å². The van der Waals surface area contributed by atoms with Gasteiger partial charge in [0.05, 0.1) is 13.3 Å². The molecule has 1 aromatic carbocycles. The van der Waals surface area contributed by atoms with Crippen molar-refractivity contribution in [2.24, 2.45) is 6.68 Å². The van der Waals surface area contributed by atoms with E-state index in [1.807, 2.05) is 0 Å². The first-order valence-electron chi connectivity index (χ1n) is 13.0. The molecule has 0 N–H and O–H groups in total. The van der Waals surface area contributed by atoms with Crippen molar-refractivity contribution < 1.29 is 19.4 Å². The van der Waals surface area contributed by atoms with Crippen LogP contribution in [0.5, 0.6) is 0 Å². The van der Waals surface area contributed by atoms with Crippen LogP contribution in [-0.2, 0) is 19.4 Å². The van der Waals surface area contributed by atoms with Crippen molar-refractivity contribution in [2.45, 2.75) is 92.2 Å². The molecule has 0 radical (unpaired) electrons. The number of hydrogen-bond donors (Lipinski definition) is 0. The van der Waals surface area contributed by atoms with Gasteiger partial charge in [0, 0.05) is 37.9 Å². The average molecular weight is 649 g/mol. The first kappa shape index (κ1) is 29.5. The fourth-order valence-corrected chi connectivity index (χ4v) is 5.41. The molecule has 0 atom stereocenters. The molecule has 35 heavy (non-hydrogen) atoms. The molecular weight excluding hydrogens is 601 g/mol. The van der Waals surface area contributed by atoms with Crippen molar-refractivity contribution in [2.75, 3.05) is 36.2 Å². The second kappa shape index (κ2) is 14.1. The SMILES string of the molecule is CC(C)(C)[N]=[Ta]=[N]C(C)(C)C.CCCCN1C=CN(c2[c-]c(N3C=CN(CCCC)C3)ccc2)C1. The van der Waals surface area contributed by atoms with Gasteiger partial charge in [-0.05, 0) is 12.8 Å². The molecule has 2 aliphatic rings. The van der Waals surface area contributed by atoms with E-state index in [0.717, 1.165) is 37.8 Å². The van der Waals surface area contributed by atoms with Gasteiger partial charge in [-0.15, -0.1) is 18.2 Å². The minimum atomic E-state index is -0.897. The molecule has 0 bridgehead atoms. The second-order valence-electron chi connectivity index (χ2n) is 11.2. The van der Waals surface area contributed by atoms with E-state index < -0.39 is 19.4 Å². The third kappa shape index (κ3) is 11.7. The first-order valence-corrected chi connectivity index (χ1v) is 15.9. The van der Waals surface area contributed by atoms with Crippen molar-refractivity contribution >= 4 is 11.4 Å². The van der Waals surface area contributed by atoms with Crippen LogP contribution in [0.1, 0.15) is 81.1 Å². The molecular formula is C28H47N6Ta-. The summed E-state index contributed by atoms with van der Waals surface area (Å²) in [6.07, 6.45) is 13.7. The summed E-state index contributed by atoms with van der Waals surface area (Å²) in [7, 11) is 0. The van der Waals surface area contributed by atoms with Crippen LogP contribution in [0.15, 0.2) is 49.7 Å². The molecule has 2 aliphatic heterocycles. The Hall–Kier alpha value is -1.76. The van der Waals surface area contributed by atoms with Crippen LogP contribution in [-0.4, -0.2) is 47.3 Å². The van der Waals surface area contributed by atoms with Crippen LogP contribution in [0.3, 0.4) is 0 Å². The molecule has 2 heterocycles. The number of nitrogens with zero attached hydrogens (tertiary/aromatic N) is 6. The Morgan fingerprint density at radius 1 is 0.743 bits per heavy atom. The van der Waals surface area contributed by atoms with Gasteiger partial charge in [0.25, 0.3) is 0 Å². The molecule has 7 heteroatoms. The van der Waals surface area contributed by atoms with Gasteiger partial charge in [0.2, 0.25) is 0 Å². The van der Waals surface area contributed by atoms with Crippen LogP contribution in [0.25, 0.3) is 0 Å². The predicted molar refractivity (Wildman–Crippen MR) is 146 cm³/mol. The molecule has 1 aromatic rings. The molecule has 0 saturated carbocycles. The fourth-order valence-electron chi connectivity index (χ4n) is 3.33. The van der Waals surface area contributed by atoms with E-state index >= 15 is 0 Å². The van der Waals surface area contributed by atoms with Crippen molar-refractivity contribution in [3.63, 3.8) is 0 Å². The van der Waals surface area contributed by atoms with E-state index in [-0.39, 0.29) is 11.1 Å². The van der Waals surface area contributed by atoms with E-state index in [4.69, 9.17) is 0 Å². The van der Waals surface area contributed by atoms with Crippen molar-refractivity contribution in [3.05, 3.63) is 49.1 Å². The third-order valence-electron chi connectivity index (χ3n) is 5.25. The zero-order valence-electron chi connectivity index (χ0n) is 23.3. The van der Waals surface area contributed by atoms with Gasteiger partial charge in [-0.1, -0.05) is 38.1 Å². The van der Waals surface area contributed by atoms with Gasteiger partial charge in [-0.3, -0.25) is 0 Å². The fraction of sp³-hybridized carbons (Fsp3) is 0.643. The zero-order valence-corrected chi connectivity index (χ0v) is 26.5. The molecule has 0 spiro atoms. The smallest absolute Gasteiger partial charge is 0.0919 e. The largest absolute Gasteiger partial charge is 0.358 e. The molecule has 0 fully saturated rings. The van der Waals surface area contributed by atoms with E-state index in [2.05, 4.69) is 131 Å². The summed E-state index contributed by atoms with van der Waals surface area (Å²) in [5.41, 5.74) is 2.54. The van der Waals surface area contributed by atoms with Crippen molar-refractivity contribution in [3.8, 4) is 0 Å². The third-order valence-corrected chi connectivity index (χ3v) is 10.2. The van der Waals surface area contributed by atoms with E-state index in [1.165, 1.54) is 25.7 Å². The predicted octanol–water partition coefficient (Wildman–Crippen LogP) is 7.22. The molecule has 0 unspecified atom stereocenters. The molecule has 0 saturated heterocycles. The molecule has 6 nitrogen and oxygen atoms in total. The Morgan fingerprint density at radius 2 is 1.17 bits per heavy atom. The average Bonchev–Trinajstić information content (AvgIpc) is 3.45. The Kier molecular flexibility index (Phi) is 11.9.